The molecule has 1 aliphatic heterocycles. The van der Waals surface area contributed by atoms with Crippen LogP contribution in [0.3, 0.4) is 0 Å². The number of likely N-dealkylation sites (N-methyl/N-ethyl adjacent to an activating group) is 2. The van der Waals surface area contributed by atoms with Crippen molar-refractivity contribution in [3.8, 4) is 0 Å². The zero-order valence-corrected chi connectivity index (χ0v) is 12.6. The van der Waals surface area contributed by atoms with Crippen LogP contribution < -0.4 is 5.32 Å². The molecule has 17 heavy (non-hydrogen) atoms. The summed E-state index contributed by atoms with van der Waals surface area (Å²) in [7, 11) is 4.50. The summed E-state index contributed by atoms with van der Waals surface area (Å²) >= 11 is 0. The van der Waals surface area contributed by atoms with E-state index < -0.39 is 0 Å². The molecule has 0 bridgehead atoms. The van der Waals surface area contributed by atoms with Crippen LogP contribution in [0.15, 0.2) is 0 Å². The molecular weight excluding hydrogens is 210 g/mol. The third-order valence-electron chi connectivity index (χ3n) is 3.85. The molecule has 0 radical (unpaired) electrons. The maximum Gasteiger partial charge on any atom is 0.0220 e. The van der Waals surface area contributed by atoms with Gasteiger partial charge in [-0.3, -0.25) is 0 Å². The van der Waals surface area contributed by atoms with Gasteiger partial charge in [0.05, 0.1) is 0 Å². The van der Waals surface area contributed by atoms with Gasteiger partial charge in [-0.15, -0.1) is 0 Å². The van der Waals surface area contributed by atoms with Crippen LogP contribution in [0.2, 0.25) is 0 Å². The van der Waals surface area contributed by atoms with E-state index in [9.17, 15) is 0 Å². The molecule has 0 aromatic rings. The zero-order valence-electron chi connectivity index (χ0n) is 12.6. The predicted octanol–water partition coefficient (Wildman–Crippen LogP) is 1.79. The highest BCUT2D eigenvalue weighted by Gasteiger charge is 2.24. The molecule has 1 aliphatic rings. The summed E-state index contributed by atoms with van der Waals surface area (Å²) in [4.78, 5) is 4.99. The monoisotopic (exact) mass is 241 g/mol. The van der Waals surface area contributed by atoms with Gasteiger partial charge in [0, 0.05) is 30.7 Å². The van der Waals surface area contributed by atoms with E-state index in [1.54, 1.807) is 0 Å². The first kappa shape index (κ1) is 14.9. The molecule has 102 valence electrons. The van der Waals surface area contributed by atoms with Crippen LogP contribution in [0.25, 0.3) is 0 Å². The lowest BCUT2D eigenvalue weighted by molar-refractivity contribution is 0.176. The minimum Gasteiger partial charge on any atom is -0.311 e. The molecule has 1 fully saturated rings. The van der Waals surface area contributed by atoms with Crippen molar-refractivity contribution >= 4 is 0 Å². The molecule has 2 unspecified atom stereocenters. The highest BCUT2D eigenvalue weighted by atomic mass is 15.2. The number of hydrogen-bond donors (Lipinski definition) is 1. The summed E-state index contributed by atoms with van der Waals surface area (Å²) in [6.07, 6.45) is 2.73. The molecule has 3 nitrogen and oxygen atoms in total. The molecule has 0 amide bonds. The molecule has 0 aromatic carbocycles. The summed E-state index contributed by atoms with van der Waals surface area (Å²) in [5, 5.41) is 3.58. The van der Waals surface area contributed by atoms with Gasteiger partial charge in [-0.25, -0.2) is 0 Å². The van der Waals surface area contributed by atoms with Gasteiger partial charge in [0.25, 0.3) is 0 Å². The van der Waals surface area contributed by atoms with E-state index >= 15 is 0 Å². The predicted molar refractivity (Wildman–Crippen MR) is 75.5 cm³/mol. The van der Waals surface area contributed by atoms with Crippen molar-refractivity contribution in [2.75, 3.05) is 33.7 Å². The second-order valence-corrected chi connectivity index (χ2v) is 6.70. The average molecular weight is 241 g/mol. The van der Waals surface area contributed by atoms with Crippen molar-refractivity contribution in [2.45, 2.75) is 58.2 Å². The fourth-order valence-electron chi connectivity index (χ4n) is 2.33. The Kier molecular flexibility index (Phi) is 5.42. The molecule has 3 heteroatoms. The van der Waals surface area contributed by atoms with Gasteiger partial charge in [-0.1, -0.05) is 0 Å². The highest BCUT2D eigenvalue weighted by molar-refractivity contribution is 4.82. The highest BCUT2D eigenvalue weighted by Crippen LogP contribution is 2.16. The lowest BCUT2D eigenvalue weighted by Crippen LogP contribution is -2.48. The molecule has 1 saturated heterocycles. The SMILES string of the molecule is CC(CNC(C)(C)C)N(C)CC1CCCN1C. The first-order valence-corrected chi connectivity index (χ1v) is 6.95. The van der Waals surface area contributed by atoms with Crippen molar-refractivity contribution in [3.63, 3.8) is 0 Å². The van der Waals surface area contributed by atoms with Gasteiger partial charge < -0.3 is 15.1 Å². The summed E-state index contributed by atoms with van der Waals surface area (Å²) < 4.78 is 0. The fraction of sp³-hybridized carbons (Fsp3) is 1.00. The van der Waals surface area contributed by atoms with Crippen molar-refractivity contribution in [1.29, 1.82) is 0 Å². The third-order valence-corrected chi connectivity index (χ3v) is 3.85. The molecule has 1 rings (SSSR count). The lowest BCUT2D eigenvalue weighted by atomic mass is 10.1. The first-order chi connectivity index (χ1) is 7.79. The van der Waals surface area contributed by atoms with Crippen LogP contribution in [0.5, 0.6) is 0 Å². The smallest absolute Gasteiger partial charge is 0.0220 e. The number of nitrogens with zero attached hydrogens (tertiary/aromatic N) is 2. The molecule has 1 heterocycles. The van der Waals surface area contributed by atoms with E-state index in [4.69, 9.17) is 0 Å². The number of nitrogens with one attached hydrogen (secondary N) is 1. The van der Waals surface area contributed by atoms with Crippen LogP contribution in [0, 0.1) is 0 Å². The van der Waals surface area contributed by atoms with Crippen molar-refractivity contribution in [2.24, 2.45) is 0 Å². The molecule has 0 spiro atoms. The average Bonchev–Trinajstić information content (AvgIpc) is 2.59. The van der Waals surface area contributed by atoms with Gasteiger partial charge in [-0.05, 0) is 61.2 Å². The number of likely N-dealkylation sites (tertiary alicyclic amines) is 1. The standard InChI is InChI=1S/C14H31N3/c1-12(10-15-14(2,3)4)17(6)11-13-8-7-9-16(13)5/h12-13,15H,7-11H2,1-6H3. The van der Waals surface area contributed by atoms with E-state index in [0.29, 0.717) is 6.04 Å². The second kappa shape index (κ2) is 6.17. The van der Waals surface area contributed by atoms with E-state index in [0.717, 1.165) is 12.6 Å². The van der Waals surface area contributed by atoms with Crippen LogP contribution in [-0.4, -0.2) is 61.2 Å². The van der Waals surface area contributed by atoms with Crippen LogP contribution >= 0.6 is 0 Å². The fourth-order valence-corrected chi connectivity index (χ4v) is 2.33. The summed E-state index contributed by atoms with van der Waals surface area (Å²) in [5.74, 6) is 0. The molecule has 1 N–H and O–H groups in total. The molecule has 0 aromatic heterocycles. The Bertz CT molecular complexity index is 222. The normalized spacial score (nSPS) is 24.5. The molecule has 0 saturated carbocycles. The summed E-state index contributed by atoms with van der Waals surface area (Å²) in [5.41, 5.74) is 0.221. The van der Waals surface area contributed by atoms with Crippen LogP contribution in [0.1, 0.15) is 40.5 Å². The Balaban J connectivity index is 2.29. The minimum atomic E-state index is 0.221. The largest absolute Gasteiger partial charge is 0.311 e. The molecule has 0 aliphatic carbocycles. The van der Waals surface area contributed by atoms with Crippen molar-refractivity contribution in [3.05, 3.63) is 0 Å². The topological polar surface area (TPSA) is 18.5 Å². The van der Waals surface area contributed by atoms with Gasteiger partial charge in [0.2, 0.25) is 0 Å². The van der Waals surface area contributed by atoms with Crippen LogP contribution in [0.4, 0.5) is 0 Å². The van der Waals surface area contributed by atoms with Gasteiger partial charge in [-0.2, -0.15) is 0 Å². The van der Waals surface area contributed by atoms with E-state index in [1.165, 1.54) is 25.9 Å². The Hall–Kier alpha value is -0.120. The Morgan fingerprint density at radius 2 is 2.06 bits per heavy atom. The molecular formula is C14H31N3. The quantitative estimate of drug-likeness (QED) is 0.792. The van der Waals surface area contributed by atoms with Crippen molar-refractivity contribution in [1.82, 2.24) is 15.1 Å². The van der Waals surface area contributed by atoms with Gasteiger partial charge in [0.1, 0.15) is 0 Å². The Morgan fingerprint density at radius 1 is 1.41 bits per heavy atom. The van der Waals surface area contributed by atoms with E-state index in [2.05, 4.69) is 56.9 Å². The van der Waals surface area contributed by atoms with Crippen LogP contribution in [-0.2, 0) is 0 Å². The maximum absolute atomic E-state index is 3.58. The van der Waals surface area contributed by atoms with Gasteiger partial charge >= 0.3 is 0 Å². The zero-order chi connectivity index (χ0) is 13.1. The van der Waals surface area contributed by atoms with E-state index in [-0.39, 0.29) is 5.54 Å². The summed E-state index contributed by atoms with van der Waals surface area (Å²) in [6.45, 7) is 12.5. The van der Waals surface area contributed by atoms with E-state index in [1.807, 2.05) is 0 Å². The Labute approximate surface area is 108 Å². The first-order valence-electron chi connectivity index (χ1n) is 6.95. The van der Waals surface area contributed by atoms with Gasteiger partial charge in [0.15, 0.2) is 0 Å². The van der Waals surface area contributed by atoms with Crippen molar-refractivity contribution < 1.29 is 0 Å². The third kappa shape index (κ3) is 5.36. The lowest BCUT2D eigenvalue weighted by Gasteiger charge is -2.32. The second-order valence-electron chi connectivity index (χ2n) is 6.70. The number of hydrogen-bond acceptors (Lipinski definition) is 3. The Morgan fingerprint density at radius 3 is 2.53 bits per heavy atom. The maximum atomic E-state index is 3.58. The molecule has 2 atom stereocenters. The number of rotatable bonds is 5. The summed E-state index contributed by atoms with van der Waals surface area (Å²) in [6, 6.07) is 1.36. The minimum absolute atomic E-state index is 0.221.